The molecule has 100 valence electrons. The van der Waals surface area contributed by atoms with Crippen molar-refractivity contribution in [3.63, 3.8) is 0 Å². The van der Waals surface area contributed by atoms with Gasteiger partial charge in [0.25, 0.3) is 0 Å². The monoisotopic (exact) mass is 251 g/mol. The smallest absolute Gasteiger partial charge is 0.240 e. The molecule has 5 nitrogen and oxygen atoms in total. The summed E-state index contributed by atoms with van der Waals surface area (Å²) in [4.78, 5) is 23.2. The van der Waals surface area contributed by atoms with Crippen LogP contribution in [0.5, 0.6) is 0 Å². The Balaban J connectivity index is 2.51. The number of rotatable bonds is 4. The van der Waals surface area contributed by atoms with Gasteiger partial charge < -0.3 is 10.6 Å². The molecule has 0 aromatic heterocycles. The van der Waals surface area contributed by atoms with Crippen LogP contribution in [-0.4, -0.2) is 25.4 Å². The molecule has 0 heterocycles. The predicted molar refractivity (Wildman–Crippen MR) is 67.4 cm³/mol. The fourth-order valence-corrected chi connectivity index (χ4v) is 2.31. The molecule has 0 spiro atoms. The van der Waals surface area contributed by atoms with E-state index in [4.69, 9.17) is 0 Å². The first-order valence-corrected chi connectivity index (χ1v) is 6.55. The second-order valence-electron chi connectivity index (χ2n) is 4.79. The summed E-state index contributed by atoms with van der Waals surface area (Å²) in [6.07, 6.45) is 5.56. The first kappa shape index (κ1) is 14.5. The molecule has 2 amide bonds. The summed E-state index contributed by atoms with van der Waals surface area (Å²) in [6, 6.07) is 2.20. The lowest BCUT2D eigenvalue weighted by Gasteiger charge is -2.23. The molecule has 1 fully saturated rings. The molecule has 0 aliphatic heterocycles. The number of hydrogen-bond acceptors (Lipinski definition) is 3. The fraction of sp³-hybridized carbons (Fsp3) is 0.769. The zero-order chi connectivity index (χ0) is 13.4. The largest absolute Gasteiger partial charge is 0.359 e. The summed E-state index contributed by atoms with van der Waals surface area (Å²) in [5.74, 6) is -0.321. The van der Waals surface area contributed by atoms with Gasteiger partial charge in [-0.05, 0) is 12.8 Å². The molecular formula is C13H21N3O2. The van der Waals surface area contributed by atoms with E-state index >= 15 is 0 Å². The van der Waals surface area contributed by atoms with Gasteiger partial charge in [0.05, 0.1) is 6.07 Å². The van der Waals surface area contributed by atoms with Crippen LogP contribution in [0.15, 0.2) is 0 Å². The van der Waals surface area contributed by atoms with E-state index < -0.39 is 5.41 Å². The maximum atomic E-state index is 12.1. The molecule has 18 heavy (non-hydrogen) atoms. The number of carbonyl (C=O) groups excluding carboxylic acids is 2. The molecule has 0 atom stereocenters. The minimum atomic E-state index is -0.876. The number of nitrogens with one attached hydrogen (secondary N) is 2. The maximum Gasteiger partial charge on any atom is 0.240 e. The van der Waals surface area contributed by atoms with Gasteiger partial charge in [0, 0.05) is 20.0 Å². The molecule has 5 heteroatoms. The van der Waals surface area contributed by atoms with Crippen LogP contribution < -0.4 is 10.6 Å². The molecule has 1 aliphatic carbocycles. The van der Waals surface area contributed by atoms with Crippen LogP contribution in [0.4, 0.5) is 0 Å². The van der Waals surface area contributed by atoms with Gasteiger partial charge in [-0.1, -0.05) is 25.7 Å². The van der Waals surface area contributed by atoms with E-state index in [0.717, 1.165) is 25.7 Å². The van der Waals surface area contributed by atoms with Crippen molar-refractivity contribution in [2.75, 3.05) is 13.6 Å². The number of nitriles is 1. The van der Waals surface area contributed by atoms with E-state index in [1.54, 1.807) is 7.05 Å². The Morgan fingerprint density at radius 3 is 2.33 bits per heavy atom. The zero-order valence-electron chi connectivity index (χ0n) is 10.9. The molecule has 0 aromatic carbocycles. The van der Waals surface area contributed by atoms with E-state index in [2.05, 4.69) is 16.7 Å². The third-order valence-electron chi connectivity index (χ3n) is 3.52. The third-order valence-corrected chi connectivity index (χ3v) is 3.52. The van der Waals surface area contributed by atoms with Crippen molar-refractivity contribution in [1.82, 2.24) is 10.6 Å². The molecule has 0 unspecified atom stereocenters. The van der Waals surface area contributed by atoms with Crippen LogP contribution in [0.1, 0.15) is 44.9 Å². The second kappa shape index (κ2) is 7.00. The Labute approximate surface area is 108 Å². The van der Waals surface area contributed by atoms with E-state index in [1.807, 2.05) is 0 Å². The van der Waals surface area contributed by atoms with Crippen molar-refractivity contribution in [2.24, 2.45) is 5.41 Å². The molecule has 1 rings (SSSR count). The highest BCUT2D eigenvalue weighted by molar-refractivity contribution is 5.86. The van der Waals surface area contributed by atoms with E-state index in [0.29, 0.717) is 19.4 Å². The molecule has 0 aromatic rings. The lowest BCUT2D eigenvalue weighted by atomic mass is 9.81. The van der Waals surface area contributed by atoms with Crippen molar-refractivity contribution in [2.45, 2.75) is 44.9 Å². The number of hydrogen-bond donors (Lipinski definition) is 2. The third kappa shape index (κ3) is 3.73. The first-order valence-electron chi connectivity index (χ1n) is 6.55. The minimum Gasteiger partial charge on any atom is -0.359 e. The maximum absolute atomic E-state index is 12.1. The van der Waals surface area contributed by atoms with Crippen molar-refractivity contribution in [1.29, 1.82) is 5.26 Å². The number of nitrogens with zero attached hydrogens (tertiary/aromatic N) is 1. The topological polar surface area (TPSA) is 82.0 Å². The highest BCUT2D eigenvalue weighted by Crippen LogP contribution is 2.34. The average Bonchev–Trinajstić information content (AvgIpc) is 2.64. The predicted octanol–water partition coefficient (Wildman–Crippen LogP) is 1.10. The van der Waals surface area contributed by atoms with Crippen LogP contribution in [-0.2, 0) is 9.59 Å². The Kier molecular flexibility index (Phi) is 5.63. The van der Waals surface area contributed by atoms with Gasteiger partial charge in [0.15, 0.2) is 0 Å². The summed E-state index contributed by atoms with van der Waals surface area (Å²) in [5.41, 5.74) is -0.876. The van der Waals surface area contributed by atoms with Crippen LogP contribution >= 0.6 is 0 Å². The van der Waals surface area contributed by atoms with Crippen LogP contribution in [0.25, 0.3) is 0 Å². The standard InChI is InChI=1S/C13H21N3O2/c1-15-11(17)6-9-16-12(18)13(10-14)7-4-2-3-5-8-13/h2-9H2,1H3,(H,15,17)(H,16,18). The Morgan fingerprint density at radius 2 is 1.83 bits per heavy atom. The molecular weight excluding hydrogens is 230 g/mol. The lowest BCUT2D eigenvalue weighted by molar-refractivity contribution is -0.129. The molecule has 2 N–H and O–H groups in total. The summed E-state index contributed by atoms with van der Waals surface area (Å²) in [5, 5.41) is 14.5. The van der Waals surface area contributed by atoms with Gasteiger partial charge in [-0.25, -0.2) is 0 Å². The van der Waals surface area contributed by atoms with Gasteiger partial charge in [0.1, 0.15) is 5.41 Å². The van der Waals surface area contributed by atoms with Gasteiger partial charge >= 0.3 is 0 Å². The van der Waals surface area contributed by atoms with E-state index in [9.17, 15) is 14.9 Å². The first-order chi connectivity index (χ1) is 8.64. The Hall–Kier alpha value is -1.57. The zero-order valence-corrected chi connectivity index (χ0v) is 10.9. The minimum absolute atomic E-state index is 0.109. The van der Waals surface area contributed by atoms with Gasteiger partial charge in [0.2, 0.25) is 11.8 Å². The highest BCUT2D eigenvalue weighted by atomic mass is 16.2. The van der Waals surface area contributed by atoms with Gasteiger partial charge in [-0.2, -0.15) is 5.26 Å². The Morgan fingerprint density at radius 1 is 1.22 bits per heavy atom. The number of amides is 2. The average molecular weight is 251 g/mol. The molecule has 1 aliphatic rings. The highest BCUT2D eigenvalue weighted by Gasteiger charge is 2.38. The van der Waals surface area contributed by atoms with Crippen molar-refractivity contribution in [3.05, 3.63) is 0 Å². The van der Waals surface area contributed by atoms with Crippen molar-refractivity contribution < 1.29 is 9.59 Å². The SMILES string of the molecule is CNC(=O)CCNC(=O)C1(C#N)CCCCCC1. The second-order valence-corrected chi connectivity index (χ2v) is 4.79. The van der Waals surface area contributed by atoms with Crippen LogP contribution in [0.2, 0.25) is 0 Å². The molecule has 0 saturated heterocycles. The lowest BCUT2D eigenvalue weighted by Crippen LogP contribution is -2.41. The molecule has 0 bridgehead atoms. The number of carbonyl (C=O) groups is 2. The summed E-state index contributed by atoms with van der Waals surface area (Å²) < 4.78 is 0. The van der Waals surface area contributed by atoms with Crippen molar-refractivity contribution in [3.8, 4) is 6.07 Å². The Bertz CT molecular complexity index is 339. The molecule has 1 saturated carbocycles. The van der Waals surface area contributed by atoms with Gasteiger partial charge in [-0.15, -0.1) is 0 Å². The van der Waals surface area contributed by atoms with Gasteiger partial charge in [-0.3, -0.25) is 9.59 Å². The van der Waals surface area contributed by atoms with Crippen LogP contribution in [0.3, 0.4) is 0 Å². The van der Waals surface area contributed by atoms with Crippen molar-refractivity contribution >= 4 is 11.8 Å². The summed E-state index contributed by atoms with van der Waals surface area (Å²) in [6.45, 7) is 0.294. The van der Waals surface area contributed by atoms with E-state index in [1.165, 1.54) is 0 Å². The summed E-state index contributed by atoms with van der Waals surface area (Å²) >= 11 is 0. The summed E-state index contributed by atoms with van der Waals surface area (Å²) in [7, 11) is 1.56. The fourth-order valence-electron chi connectivity index (χ4n) is 2.31. The van der Waals surface area contributed by atoms with E-state index in [-0.39, 0.29) is 18.2 Å². The quantitative estimate of drug-likeness (QED) is 0.734. The normalized spacial score (nSPS) is 18.2. The van der Waals surface area contributed by atoms with Crippen LogP contribution in [0, 0.1) is 16.7 Å². The molecule has 0 radical (unpaired) electrons.